The third kappa shape index (κ3) is 7.15. The zero-order valence-corrected chi connectivity index (χ0v) is 30.1. The number of anilines is 1. The van der Waals surface area contributed by atoms with Gasteiger partial charge in [0.15, 0.2) is 0 Å². The van der Waals surface area contributed by atoms with Crippen molar-refractivity contribution in [3.63, 3.8) is 0 Å². The number of hydrogen-bond acceptors (Lipinski definition) is 5. The Morgan fingerprint density at radius 2 is 1.80 bits per heavy atom. The SMILES string of the molecule is C[C@@H](COc1ccnc2c1[C@H](C)CCC2)C[C@H]1Cc2ccc(CNCc3ccccc3)cc2C12CCC(Nc1cccc(Cl)c1)(C(=O)O)CC2. The summed E-state index contributed by atoms with van der Waals surface area (Å²) in [7, 11) is 0. The van der Waals surface area contributed by atoms with Crippen LogP contribution in [0.3, 0.4) is 0 Å². The molecular formula is C43H50ClN3O3. The maximum Gasteiger partial charge on any atom is 0.329 e. The van der Waals surface area contributed by atoms with Crippen molar-refractivity contribution in [2.45, 2.75) is 102 Å². The van der Waals surface area contributed by atoms with E-state index in [1.54, 1.807) is 0 Å². The molecule has 6 nitrogen and oxygen atoms in total. The third-order valence-electron chi connectivity index (χ3n) is 11.9. The van der Waals surface area contributed by atoms with Gasteiger partial charge in [-0.05, 0) is 127 Å². The van der Waals surface area contributed by atoms with Crippen molar-refractivity contribution in [3.05, 3.63) is 124 Å². The molecule has 1 fully saturated rings. The van der Waals surface area contributed by atoms with E-state index in [2.05, 4.69) is 71.9 Å². The van der Waals surface area contributed by atoms with E-state index >= 15 is 0 Å². The Bertz CT molecular complexity index is 1800. The Morgan fingerprint density at radius 3 is 2.58 bits per heavy atom. The molecule has 0 aliphatic heterocycles. The highest BCUT2D eigenvalue weighted by Gasteiger charge is 2.54. The van der Waals surface area contributed by atoms with Crippen LogP contribution in [0, 0.1) is 11.8 Å². The van der Waals surface area contributed by atoms with E-state index in [1.165, 1.54) is 46.4 Å². The molecule has 3 aromatic carbocycles. The van der Waals surface area contributed by atoms with Crippen LogP contribution in [0.2, 0.25) is 5.02 Å². The molecule has 0 unspecified atom stereocenters. The second kappa shape index (κ2) is 14.8. The predicted octanol–water partition coefficient (Wildman–Crippen LogP) is 9.49. The van der Waals surface area contributed by atoms with Gasteiger partial charge in [0.05, 0.1) is 6.61 Å². The number of aromatic nitrogens is 1. The number of nitrogens with zero attached hydrogens (tertiary/aromatic N) is 1. The van der Waals surface area contributed by atoms with Gasteiger partial charge < -0.3 is 20.5 Å². The molecule has 3 aliphatic carbocycles. The Labute approximate surface area is 302 Å². The molecule has 3 aliphatic rings. The fourth-order valence-electron chi connectivity index (χ4n) is 9.20. The lowest BCUT2D eigenvalue weighted by molar-refractivity contribution is -0.144. The summed E-state index contributed by atoms with van der Waals surface area (Å²) < 4.78 is 6.59. The van der Waals surface area contributed by atoms with E-state index in [0.717, 1.165) is 56.6 Å². The molecule has 0 bridgehead atoms. The molecule has 3 N–H and O–H groups in total. The highest BCUT2D eigenvalue weighted by Crippen LogP contribution is 2.56. The summed E-state index contributed by atoms with van der Waals surface area (Å²) in [4.78, 5) is 17.7. The van der Waals surface area contributed by atoms with Crippen LogP contribution in [0.1, 0.15) is 98.2 Å². The molecule has 1 spiro atoms. The summed E-state index contributed by atoms with van der Waals surface area (Å²) in [5.41, 5.74) is 7.52. The van der Waals surface area contributed by atoms with Gasteiger partial charge in [-0.2, -0.15) is 0 Å². The van der Waals surface area contributed by atoms with Crippen LogP contribution in [-0.4, -0.2) is 28.2 Å². The predicted molar refractivity (Wildman–Crippen MR) is 201 cm³/mol. The average Bonchev–Trinajstić information content (AvgIpc) is 3.40. The number of aliphatic carboxylic acids is 1. The molecule has 0 amide bonds. The number of benzene rings is 3. The van der Waals surface area contributed by atoms with E-state index in [0.29, 0.717) is 42.2 Å². The topological polar surface area (TPSA) is 83.5 Å². The summed E-state index contributed by atoms with van der Waals surface area (Å²) in [6.45, 7) is 6.88. The lowest BCUT2D eigenvalue weighted by atomic mass is 9.59. The second-order valence-electron chi connectivity index (χ2n) is 15.3. The third-order valence-corrected chi connectivity index (χ3v) is 12.1. The van der Waals surface area contributed by atoms with Crippen LogP contribution < -0.4 is 15.4 Å². The van der Waals surface area contributed by atoms with E-state index < -0.39 is 11.5 Å². The number of rotatable bonds is 12. The number of carbonyl (C=O) groups is 1. The molecule has 1 aromatic heterocycles. The van der Waals surface area contributed by atoms with Crippen molar-refractivity contribution in [2.75, 3.05) is 11.9 Å². The van der Waals surface area contributed by atoms with Crippen molar-refractivity contribution in [1.29, 1.82) is 0 Å². The minimum atomic E-state index is -1.04. The van der Waals surface area contributed by atoms with Crippen molar-refractivity contribution in [2.24, 2.45) is 11.8 Å². The molecule has 1 heterocycles. The average molecular weight is 692 g/mol. The van der Waals surface area contributed by atoms with E-state index in [4.69, 9.17) is 16.3 Å². The maximum absolute atomic E-state index is 13.0. The number of carboxylic acid groups (broad SMARTS) is 1. The lowest BCUT2D eigenvalue weighted by Gasteiger charge is -2.47. The van der Waals surface area contributed by atoms with Gasteiger partial charge in [0.1, 0.15) is 11.3 Å². The molecule has 50 heavy (non-hydrogen) atoms. The first kappa shape index (κ1) is 34.6. The van der Waals surface area contributed by atoms with E-state index in [1.807, 2.05) is 42.6 Å². The monoisotopic (exact) mass is 691 g/mol. The summed E-state index contributed by atoms with van der Waals surface area (Å²) >= 11 is 6.30. The number of pyridine rings is 1. The van der Waals surface area contributed by atoms with Gasteiger partial charge in [0.2, 0.25) is 0 Å². The molecule has 1 saturated carbocycles. The minimum absolute atomic E-state index is 0.0850. The number of hydrogen-bond donors (Lipinski definition) is 3. The Morgan fingerprint density at radius 1 is 1.00 bits per heavy atom. The molecule has 3 atom stereocenters. The van der Waals surface area contributed by atoms with E-state index in [-0.39, 0.29) is 5.41 Å². The summed E-state index contributed by atoms with van der Waals surface area (Å²) in [6, 6.07) is 27.0. The van der Waals surface area contributed by atoms with Crippen LogP contribution >= 0.6 is 11.6 Å². The highest BCUT2D eigenvalue weighted by atomic mass is 35.5. The smallest absolute Gasteiger partial charge is 0.329 e. The van der Waals surface area contributed by atoms with Crippen molar-refractivity contribution in [3.8, 4) is 5.75 Å². The summed E-state index contributed by atoms with van der Waals surface area (Å²) in [5, 5.41) is 18.3. The molecule has 4 aromatic rings. The standard InChI is InChI=1S/C43H50ClN3O3/c1-29(28-50-39-16-21-46-38-13-6-8-30(2)40(38)39)22-34-24-33-15-14-32(27-45-26-31-9-4-3-5-10-31)23-37(33)42(34)17-19-43(20-18-42,41(48)49)47-36-12-7-11-35(44)25-36/h3-5,7,9-12,14-16,21,23,25,29-30,34,45,47H,6,8,13,17-20,22,24,26-28H2,1-2H3,(H,48,49)/t29-,30-,34+,42?,43?/m1/s1. The zero-order valence-electron chi connectivity index (χ0n) is 29.4. The molecule has 7 heteroatoms. The fraction of sp³-hybridized carbons (Fsp3) is 0.442. The van der Waals surface area contributed by atoms with Crippen LogP contribution in [0.5, 0.6) is 5.75 Å². The van der Waals surface area contributed by atoms with Crippen molar-refractivity contribution < 1.29 is 14.6 Å². The van der Waals surface area contributed by atoms with Crippen LogP contribution in [0.4, 0.5) is 5.69 Å². The van der Waals surface area contributed by atoms with Gasteiger partial charge in [0.25, 0.3) is 0 Å². The largest absolute Gasteiger partial charge is 0.493 e. The number of carboxylic acids is 1. The summed E-state index contributed by atoms with van der Waals surface area (Å²) in [5.74, 6) is 1.43. The van der Waals surface area contributed by atoms with Crippen molar-refractivity contribution in [1.82, 2.24) is 10.3 Å². The Hall–Kier alpha value is -3.87. The normalized spacial score (nSPS) is 24.7. The minimum Gasteiger partial charge on any atom is -0.493 e. The summed E-state index contributed by atoms with van der Waals surface area (Å²) in [6.07, 6.45) is 10.1. The molecule has 262 valence electrons. The Balaban J connectivity index is 1.11. The van der Waals surface area contributed by atoms with Gasteiger partial charge in [-0.25, -0.2) is 4.79 Å². The zero-order chi connectivity index (χ0) is 34.7. The molecular weight excluding hydrogens is 642 g/mol. The first-order chi connectivity index (χ1) is 24.2. The first-order valence-electron chi connectivity index (χ1n) is 18.5. The van der Waals surface area contributed by atoms with E-state index in [9.17, 15) is 9.90 Å². The highest BCUT2D eigenvalue weighted by molar-refractivity contribution is 6.30. The lowest BCUT2D eigenvalue weighted by Crippen LogP contribution is -2.53. The first-order valence-corrected chi connectivity index (χ1v) is 18.9. The molecule has 7 rings (SSSR count). The second-order valence-corrected chi connectivity index (χ2v) is 15.7. The fourth-order valence-corrected chi connectivity index (χ4v) is 9.39. The number of ether oxygens (including phenoxy) is 1. The number of nitrogens with one attached hydrogen (secondary N) is 2. The van der Waals surface area contributed by atoms with Crippen LogP contribution in [0.15, 0.2) is 85.1 Å². The quantitative estimate of drug-likeness (QED) is 0.137. The van der Waals surface area contributed by atoms with Gasteiger partial charge in [-0.15, -0.1) is 0 Å². The maximum atomic E-state index is 13.0. The number of halogens is 1. The van der Waals surface area contributed by atoms with Gasteiger partial charge in [-0.1, -0.05) is 80.0 Å². The molecule has 0 saturated heterocycles. The van der Waals surface area contributed by atoms with Crippen LogP contribution in [-0.2, 0) is 36.1 Å². The van der Waals surface area contributed by atoms with Gasteiger partial charge >= 0.3 is 5.97 Å². The van der Waals surface area contributed by atoms with Crippen LogP contribution in [0.25, 0.3) is 0 Å². The number of fused-ring (bicyclic) bond motifs is 3. The van der Waals surface area contributed by atoms with Gasteiger partial charge in [-0.3, -0.25) is 4.98 Å². The number of aryl methyl sites for hydroxylation is 1. The van der Waals surface area contributed by atoms with Gasteiger partial charge in [0, 0.05) is 41.3 Å². The van der Waals surface area contributed by atoms with Crippen molar-refractivity contribution >= 4 is 23.3 Å². The Kier molecular flexibility index (Phi) is 10.2. The molecule has 0 radical (unpaired) electrons.